The Morgan fingerprint density at radius 2 is 1.88 bits per heavy atom. The van der Waals surface area contributed by atoms with Gasteiger partial charge in [0.15, 0.2) is 0 Å². The minimum Gasteiger partial charge on any atom is -0.444 e. The highest BCUT2D eigenvalue weighted by Crippen LogP contribution is 2.39. The number of rotatable bonds is 3. The van der Waals surface area contributed by atoms with Gasteiger partial charge in [0.2, 0.25) is 0 Å². The van der Waals surface area contributed by atoms with Gasteiger partial charge in [-0.25, -0.2) is 9.59 Å². The number of amides is 1. The Labute approximate surface area is 196 Å². The molecule has 0 saturated carbocycles. The predicted molar refractivity (Wildman–Crippen MR) is 130 cm³/mol. The van der Waals surface area contributed by atoms with Crippen LogP contribution in [0.1, 0.15) is 62.7 Å². The summed E-state index contributed by atoms with van der Waals surface area (Å²) in [6.45, 7) is 8.27. The summed E-state index contributed by atoms with van der Waals surface area (Å²) in [4.78, 5) is 27.0. The average molecular weight is 498 g/mol. The maximum atomic E-state index is 12.8. The second kappa shape index (κ2) is 8.74. The molecular weight excluding hydrogens is 470 g/mol. The van der Waals surface area contributed by atoms with Gasteiger partial charge in [0.05, 0.1) is 16.3 Å². The minimum absolute atomic E-state index is 0.0448. The van der Waals surface area contributed by atoms with Gasteiger partial charge in [-0.05, 0) is 63.8 Å². The van der Waals surface area contributed by atoms with Crippen molar-refractivity contribution in [1.82, 2.24) is 4.90 Å². The number of likely N-dealkylation sites (tertiary alicyclic amines) is 1. The molecule has 0 bridgehead atoms. The number of hydrogen-bond acceptors (Lipinski definition) is 4. The molecule has 1 aromatic heterocycles. The fraction of sp³-hybridized carbons (Fsp3) is 0.385. The summed E-state index contributed by atoms with van der Waals surface area (Å²) in [7, 11) is 0. The van der Waals surface area contributed by atoms with Crippen molar-refractivity contribution >= 4 is 32.8 Å². The molecule has 1 aliphatic heterocycles. The SMILES string of the molecule is CC(Br)c1oc(=O)c2ccccc2c1-c1cccc(C2CCCN2C(=O)OC(C)(C)C)c1. The zero-order chi connectivity index (χ0) is 23.0. The lowest BCUT2D eigenvalue weighted by molar-refractivity contribution is 0.0224. The van der Waals surface area contributed by atoms with Crippen LogP contribution in [0.4, 0.5) is 4.79 Å². The van der Waals surface area contributed by atoms with Gasteiger partial charge in [0.25, 0.3) is 0 Å². The van der Waals surface area contributed by atoms with Crippen LogP contribution in [0.3, 0.4) is 0 Å². The van der Waals surface area contributed by atoms with Crippen molar-refractivity contribution in [2.45, 2.75) is 57.0 Å². The Bertz CT molecular complexity index is 1210. The fourth-order valence-electron chi connectivity index (χ4n) is 4.35. The molecule has 2 unspecified atom stereocenters. The van der Waals surface area contributed by atoms with Crippen LogP contribution in [0, 0.1) is 0 Å². The number of fused-ring (bicyclic) bond motifs is 1. The molecule has 0 radical (unpaired) electrons. The maximum absolute atomic E-state index is 12.8. The Balaban J connectivity index is 1.80. The van der Waals surface area contributed by atoms with Crippen LogP contribution in [-0.4, -0.2) is 23.1 Å². The summed E-state index contributed by atoms with van der Waals surface area (Å²) in [6.07, 6.45) is 1.53. The van der Waals surface area contributed by atoms with E-state index in [0.29, 0.717) is 17.7 Å². The molecule has 1 saturated heterocycles. The third-order valence-electron chi connectivity index (χ3n) is 5.67. The fourth-order valence-corrected chi connectivity index (χ4v) is 4.67. The smallest absolute Gasteiger partial charge is 0.410 e. The molecule has 0 spiro atoms. The topological polar surface area (TPSA) is 59.8 Å². The monoisotopic (exact) mass is 497 g/mol. The minimum atomic E-state index is -0.534. The predicted octanol–water partition coefficient (Wildman–Crippen LogP) is 6.99. The summed E-state index contributed by atoms with van der Waals surface area (Å²) in [5.41, 5.74) is 2.03. The molecule has 5 nitrogen and oxygen atoms in total. The molecule has 1 fully saturated rings. The largest absolute Gasteiger partial charge is 0.444 e. The van der Waals surface area contributed by atoms with Gasteiger partial charge in [0, 0.05) is 17.5 Å². The molecule has 32 heavy (non-hydrogen) atoms. The molecule has 3 aromatic rings. The van der Waals surface area contributed by atoms with Crippen LogP contribution in [-0.2, 0) is 4.74 Å². The molecule has 4 rings (SSSR count). The zero-order valence-corrected chi connectivity index (χ0v) is 20.4. The van der Waals surface area contributed by atoms with E-state index in [2.05, 4.69) is 28.1 Å². The first kappa shape index (κ1) is 22.6. The van der Waals surface area contributed by atoms with Crippen molar-refractivity contribution in [3.8, 4) is 11.1 Å². The first-order valence-electron chi connectivity index (χ1n) is 11.0. The summed E-state index contributed by atoms with van der Waals surface area (Å²) in [5, 5.41) is 1.42. The van der Waals surface area contributed by atoms with Crippen LogP contribution in [0.5, 0.6) is 0 Å². The summed E-state index contributed by atoms with van der Waals surface area (Å²) in [5.74, 6) is 0.598. The number of hydrogen-bond donors (Lipinski definition) is 0. The third kappa shape index (κ3) is 4.46. The number of halogens is 1. The first-order chi connectivity index (χ1) is 15.2. The van der Waals surface area contributed by atoms with E-state index in [-0.39, 0.29) is 22.6 Å². The number of nitrogens with zero attached hydrogens (tertiary/aromatic N) is 1. The normalized spacial score (nSPS) is 17.5. The lowest BCUT2D eigenvalue weighted by Crippen LogP contribution is -2.36. The van der Waals surface area contributed by atoms with Crippen LogP contribution < -0.4 is 5.63 Å². The molecule has 0 N–H and O–H groups in total. The second-order valence-electron chi connectivity index (χ2n) is 9.25. The first-order valence-corrected chi connectivity index (χ1v) is 11.9. The standard InChI is InChI=1S/C26H28BrNO4/c1-16(27)23-22(19-11-5-6-12-20(19)24(29)31-23)18-10-7-9-17(15-18)21-13-8-14-28(21)25(30)32-26(2,3)4/h5-7,9-12,15-16,21H,8,13-14H2,1-4H3. The van der Waals surface area contributed by atoms with Crippen molar-refractivity contribution in [2.24, 2.45) is 0 Å². The van der Waals surface area contributed by atoms with Crippen LogP contribution in [0.2, 0.25) is 0 Å². The van der Waals surface area contributed by atoms with Crippen molar-refractivity contribution in [3.63, 3.8) is 0 Å². The molecule has 6 heteroatoms. The Morgan fingerprint density at radius 3 is 2.56 bits per heavy atom. The Kier molecular flexibility index (Phi) is 6.17. The van der Waals surface area contributed by atoms with Crippen LogP contribution in [0.25, 0.3) is 21.9 Å². The second-order valence-corrected chi connectivity index (χ2v) is 10.6. The van der Waals surface area contributed by atoms with E-state index in [0.717, 1.165) is 34.9 Å². The summed E-state index contributed by atoms with van der Waals surface area (Å²) >= 11 is 3.59. The number of ether oxygens (including phenoxy) is 1. The van der Waals surface area contributed by atoms with Gasteiger partial charge in [-0.2, -0.15) is 0 Å². The highest BCUT2D eigenvalue weighted by Gasteiger charge is 2.33. The van der Waals surface area contributed by atoms with E-state index < -0.39 is 5.60 Å². The van der Waals surface area contributed by atoms with Crippen LogP contribution >= 0.6 is 15.9 Å². The zero-order valence-electron chi connectivity index (χ0n) is 18.9. The number of alkyl halides is 1. The summed E-state index contributed by atoms with van der Waals surface area (Å²) in [6, 6.07) is 15.6. The van der Waals surface area contributed by atoms with Crippen molar-refractivity contribution in [1.29, 1.82) is 0 Å². The van der Waals surface area contributed by atoms with E-state index >= 15 is 0 Å². The Hall–Kier alpha value is -2.60. The average Bonchev–Trinajstić information content (AvgIpc) is 3.23. The molecule has 2 aromatic carbocycles. The van der Waals surface area contributed by atoms with Crippen LogP contribution in [0.15, 0.2) is 57.7 Å². The molecule has 1 aliphatic rings. The van der Waals surface area contributed by atoms with E-state index in [1.807, 2.05) is 62.9 Å². The lowest BCUT2D eigenvalue weighted by atomic mass is 9.94. The molecule has 0 aliphatic carbocycles. The van der Waals surface area contributed by atoms with E-state index in [1.54, 1.807) is 6.07 Å². The molecular formula is C26H28BrNO4. The van der Waals surface area contributed by atoms with Gasteiger partial charge in [-0.15, -0.1) is 0 Å². The van der Waals surface area contributed by atoms with Gasteiger partial charge in [0.1, 0.15) is 11.4 Å². The van der Waals surface area contributed by atoms with Crippen molar-refractivity contribution in [3.05, 3.63) is 70.3 Å². The number of carbonyl (C=O) groups is 1. The van der Waals surface area contributed by atoms with Gasteiger partial charge in [-0.1, -0.05) is 52.3 Å². The van der Waals surface area contributed by atoms with Gasteiger partial charge in [-0.3, -0.25) is 0 Å². The van der Waals surface area contributed by atoms with E-state index in [4.69, 9.17) is 9.15 Å². The van der Waals surface area contributed by atoms with Gasteiger partial charge >= 0.3 is 11.7 Å². The highest BCUT2D eigenvalue weighted by atomic mass is 79.9. The van der Waals surface area contributed by atoms with E-state index in [1.165, 1.54) is 0 Å². The Morgan fingerprint density at radius 1 is 1.16 bits per heavy atom. The van der Waals surface area contributed by atoms with Crippen molar-refractivity contribution < 1.29 is 13.9 Å². The number of carbonyl (C=O) groups excluding carboxylic acids is 1. The summed E-state index contributed by atoms with van der Waals surface area (Å²) < 4.78 is 11.4. The lowest BCUT2D eigenvalue weighted by Gasteiger charge is -2.29. The number of benzene rings is 2. The quantitative estimate of drug-likeness (QED) is 0.365. The van der Waals surface area contributed by atoms with E-state index in [9.17, 15) is 9.59 Å². The third-order valence-corrected chi connectivity index (χ3v) is 6.08. The molecule has 1 amide bonds. The highest BCUT2D eigenvalue weighted by molar-refractivity contribution is 9.09. The molecule has 2 heterocycles. The van der Waals surface area contributed by atoms with Gasteiger partial charge < -0.3 is 14.1 Å². The molecule has 2 atom stereocenters. The molecule has 168 valence electrons. The maximum Gasteiger partial charge on any atom is 0.410 e. The van der Waals surface area contributed by atoms with Crippen molar-refractivity contribution in [2.75, 3.05) is 6.54 Å².